The second-order valence-electron chi connectivity index (χ2n) is 5.01. The number of hydrogen-bond donors (Lipinski definition) is 0. The van der Waals surface area contributed by atoms with Crippen LogP contribution in [-0.4, -0.2) is 24.5 Å². The van der Waals surface area contributed by atoms with E-state index in [0.717, 1.165) is 0 Å². The van der Waals surface area contributed by atoms with E-state index < -0.39 is 0 Å². The molecule has 1 nitrogen and oxygen atoms in total. The van der Waals surface area contributed by atoms with Gasteiger partial charge in [-0.2, -0.15) is 0 Å². The number of piperidine rings is 1. The molecule has 1 spiro atoms. The lowest BCUT2D eigenvalue weighted by Crippen LogP contribution is -2.40. The first-order chi connectivity index (χ1) is 8.84. The maximum Gasteiger partial charge on any atom is 0.0165 e. The van der Waals surface area contributed by atoms with Crippen molar-refractivity contribution in [2.45, 2.75) is 39.0 Å². The molecule has 1 aliphatic carbocycles. The van der Waals surface area contributed by atoms with Gasteiger partial charge in [0.15, 0.2) is 0 Å². The Hall–Kier alpha value is -1.08. The highest BCUT2D eigenvalue weighted by atomic mass is 15.1. The van der Waals surface area contributed by atoms with E-state index in [1.807, 2.05) is 13.8 Å². The Kier molecular flexibility index (Phi) is 4.23. The molecule has 1 aromatic rings. The van der Waals surface area contributed by atoms with E-state index in [9.17, 15) is 0 Å². The number of rotatable bonds is 1. The van der Waals surface area contributed by atoms with Crippen LogP contribution < -0.4 is 0 Å². The maximum atomic E-state index is 2.56. The summed E-state index contributed by atoms with van der Waals surface area (Å²) < 4.78 is 0. The topological polar surface area (TPSA) is 3.24 Å². The Labute approximate surface area is 112 Å². The molecule has 0 saturated carbocycles. The van der Waals surface area contributed by atoms with Crippen LogP contribution in [0.2, 0.25) is 0 Å². The van der Waals surface area contributed by atoms with Crippen LogP contribution in [0.5, 0.6) is 0 Å². The van der Waals surface area contributed by atoms with Gasteiger partial charge in [-0.15, -0.1) is 0 Å². The molecule has 1 heteroatoms. The molecule has 0 N–H and O–H groups in total. The van der Waals surface area contributed by atoms with Gasteiger partial charge in [-0.1, -0.05) is 57.2 Å². The van der Waals surface area contributed by atoms with Crippen LogP contribution in [0.15, 0.2) is 30.3 Å². The van der Waals surface area contributed by atoms with Crippen LogP contribution in [0.4, 0.5) is 0 Å². The number of fused-ring (bicyclic) bond motifs is 2. The molecule has 1 heterocycles. The second kappa shape index (κ2) is 5.71. The van der Waals surface area contributed by atoms with Crippen molar-refractivity contribution in [2.75, 3.05) is 19.6 Å². The summed E-state index contributed by atoms with van der Waals surface area (Å²) in [6, 6.07) is 8.88. The van der Waals surface area contributed by atoms with Crippen LogP contribution >= 0.6 is 0 Å². The molecule has 0 aromatic heterocycles. The minimum absolute atomic E-state index is 0.363. The van der Waals surface area contributed by atoms with Gasteiger partial charge in [-0.3, -0.25) is 0 Å². The monoisotopic (exact) mass is 243 g/mol. The summed E-state index contributed by atoms with van der Waals surface area (Å²) in [7, 11) is 0. The van der Waals surface area contributed by atoms with E-state index in [0.29, 0.717) is 5.41 Å². The third-order valence-electron chi connectivity index (χ3n) is 4.27. The Morgan fingerprint density at radius 1 is 1.11 bits per heavy atom. The second-order valence-corrected chi connectivity index (χ2v) is 5.01. The maximum absolute atomic E-state index is 2.56. The van der Waals surface area contributed by atoms with Crippen LogP contribution in [0.3, 0.4) is 0 Å². The molecular weight excluding hydrogens is 218 g/mol. The molecule has 3 rings (SSSR count). The summed E-state index contributed by atoms with van der Waals surface area (Å²) in [5.74, 6) is 0. The first-order valence-electron chi connectivity index (χ1n) is 7.35. The molecule has 1 fully saturated rings. The Morgan fingerprint density at radius 2 is 1.78 bits per heavy atom. The summed E-state index contributed by atoms with van der Waals surface area (Å²) in [4.78, 5) is 2.56. The van der Waals surface area contributed by atoms with Crippen LogP contribution in [0, 0.1) is 0 Å². The third-order valence-corrected chi connectivity index (χ3v) is 4.27. The minimum atomic E-state index is 0.363. The van der Waals surface area contributed by atoms with E-state index in [4.69, 9.17) is 0 Å². The van der Waals surface area contributed by atoms with Gasteiger partial charge >= 0.3 is 0 Å². The van der Waals surface area contributed by atoms with Crippen molar-refractivity contribution in [1.82, 2.24) is 4.90 Å². The van der Waals surface area contributed by atoms with Crippen LogP contribution in [-0.2, 0) is 5.41 Å². The van der Waals surface area contributed by atoms with Crippen molar-refractivity contribution in [3.05, 3.63) is 41.5 Å². The smallest absolute Gasteiger partial charge is 0.0165 e. The fourth-order valence-electron chi connectivity index (χ4n) is 3.14. The summed E-state index contributed by atoms with van der Waals surface area (Å²) >= 11 is 0. The lowest BCUT2D eigenvalue weighted by molar-refractivity contribution is 0.192. The van der Waals surface area contributed by atoms with Crippen molar-refractivity contribution in [3.8, 4) is 0 Å². The third kappa shape index (κ3) is 2.24. The molecule has 0 atom stereocenters. The van der Waals surface area contributed by atoms with Gasteiger partial charge in [0.25, 0.3) is 0 Å². The van der Waals surface area contributed by atoms with Crippen LogP contribution in [0.1, 0.15) is 44.7 Å². The van der Waals surface area contributed by atoms with Crippen molar-refractivity contribution in [3.63, 3.8) is 0 Å². The largest absolute Gasteiger partial charge is 0.304 e. The lowest BCUT2D eigenvalue weighted by atomic mass is 9.74. The predicted octanol–water partition coefficient (Wildman–Crippen LogP) is 4.09. The summed E-state index contributed by atoms with van der Waals surface area (Å²) in [6.07, 6.45) is 7.34. The molecular formula is C17H25N. The van der Waals surface area contributed by atoms with Gasteiger partial charge in [-0.05, 0) is 43.6 Å². The van der Waals surface area contributed by atoms with Crippen molar-refractivity contribution in [2.24, 2.45) is 0 Å². The first-order valence-corrected chi connectivity index (χ1v) is 7.35. The van der Waals surface area contributed by atoms with Gasteiger partial charge in [0.2, 0.25) is 0 Å². The first kappa shape index (κ1) is 13.4. The SMILES string of the molecule is CC.CCN1CCC2(C=Cc3ccccc32)CC1. The number of nitrogens with zero attached hydrogens (tertiary/aromatic N) is 1. The Bertz CT molecular complexity index is 411. The molecule has 1 aliphatic heterocycles. The van der Waals surface area contributed by atoms with Gasteiger partial charge in [0, 0.05) is 5.41 Å². The van der Waals surface area contributed by atoms with Crippen molar-refractivity contribution >= 4 is 6.08 Å². The summed E-state index contributed by atoms with van der Waals surface area (Å²) in [6.45, 7) is 9.95. The van der Waals surface area contributed by atoms with E-state index >= 15 is 0 Å². The van der Waals surface area contributed by atoms with E-state index in [1.165, 1.54) is 38.0 Å². The molecule has 0 unspecified atom stereocenters. The number of benzene rings is 1. The van der Waals surface area contributed by atoms with Crippen LogP contribution in [0.25, 0.3) is 6.08 Å². The average molecular weight is 243 g/mol. The van der Waals surface area contributed by atoms with Crippen molar-refractivity contribution < 1.29 is 0 Å². The summed E-state index contributed by atoms with van der Waals surface area (Å²) in [5, 5.41) is 0. The highest BCUT2D eigenvalue weighted by Gasteiger charge is 2.37. The zero-order chi connectivity index (χ0) is 13.0. The highest BCUT2D eigenvalue weighted by Crippen LogP contribution is 2.43. The predicted molar refractivity (Wildman–Crippen MR) is 79.9 cm³/mol. The molecule has 2 aliphatic rings. The summed E-state index contributed by atoms with van der Waals surface area (Å²) in [5.41, 5.74) is 3.36. The van der Waals surface area contributed by atoms with Gasteiger partial charge < -0.3 is 4.90 Å². The zero-order valence-corrected chi connectivity index (χ0v) is 11.9. The van der Waals surface area contributed by atoms with E-state index in [-0.39, 0.29) is 0 Å². The van der Waals surface area contributed by atoms with Gasteiger partial charge in [0.05, 0.1) is 0 Å². The van der Waals surface area contributed by atoms with Gasteiger partial charge in [0.1, 0.15) is 0 Å². The average Bonchev–Trinajstić information content (AvgIpc) is 2.82. The fourth-order valence-corrected chi connectivity index (χ4v) is 3.14. The Balaban J connectivity index is 0.000000574. The van der Waals surface area contributed by atoms with Crippen molar-refractivity contribution in [1.29, 1.82) is 0 Å². The standard InChI is InChI=1S/C15H19N.C2H6/c1-2-16-11-9-15(10-12-16)8-7-13-5-3-4-6-14(13)15;1-2/h3-8H,2,9-12H2,1H3;1-2H3. The Morgan fingerprint density at radius 3 is 2.44 bits per heavy atom. The molecule has 0 bridgehead atoms. The number of likely N-dealkylation sites (tertiary alicyclic amines) is 1. The molecule has 98 valence electrons. The normalized spacial score (nSPS) is 20.4. The molecule has 0 radical (unpaired) electrons. The van der Waals surface area contributed by atoms with E-state index in [1.54, 1.807) is 5.56 Å². The van der Waals surface area contributed by atoms with Gasteiger partial charge in [-0.25, -0.2) is 0 Å². The molecule has 1 aromatic carbocycles. The molecule has 18 heavy (non-hydrogen) atoms. The minimum Gasteiger partial charge on any atom is -0.304 e. The molecule has 0 amide bonds. The molecule has 1 saturated heterocycles. The number of allylic oxidation sites excluding steroid dienone is 1. The fraction of sp³-hybridized carbons (Fsp3) is 0.529. The highest BCUT2D eigenvalue weighted by molar-refractivity contribution is 5.65. The quantitative estimate of drug-likeness (QED) is 0.718. The zero-order valence-electron chi connectivity index (χ0n) is 11.9. The number of hydrogen-bond acceptors (Lipinski definition) is 1. The van der Waals surface area contributed by atoms with E-state index in [2.05, 4.69) is 48.2 Å². The lowest BCUT2D eigenvalue weighted by Gasteiger charge is -2.38.